The predicted molar refractivity (Wildman–Crippen MR) is 71.4 cm³/mol. The van der Waals surface area contributed by atoms with Crippen molar-refractivity contribution < 1.29 is 0 Å². The highest BCUT2D eigenvalue weighted by Crippen LogP contribution is 2.18. The van der Waals surface area contributed by atoms with E-state index in [0.717, 1.165) is 22.0 Å². The van der Waals surface area contributed by atoms with Gasteiger partial charge in [-0.15, -0.1) is 0 Å². The van der Waals surface area contributed by atoms with E-state index in [4.69, 9.17) is 5.73 Å². The Labute approximate surface area is 101 Å². The number of rotatable bonds is 2. The van der Waals surface area contributed by atoms with E-state index < -0.39 is 0 Å². The molecular formula is C14H18N2O. The molecule has 0 fully saturated rings. The van der Waals surface area contributed by atoms with Gasteiger partial charge in [-0.05, 0) is 50.3 Å². The van der Waals surface area contributed by atoms with Gasteiger partial charge in [-0.25, -0.2) is 0 Å². The summed E-state index contributed by atoms with van der Waals surface area (Å²) < 4.78 is 0. The van der Waals surface area contributed by atoms with Crippen molar-refractivity contribution in [3.05, 3.63) is 45.2 Å². The highest BCUT2D eigenvalue weighted by atomic mass is 16.1. The van der Waals surface area contributed by atoms with Crippen LogP contribution >= 0.6 is 0 Å². The Morgan fingerprint density at radius 1 is 1.29 bits per heavy atom. The molecule has 3 heteroatoms. The summed E-state index contributed by atoms with van der Waals surface area (Å²) in [5, 5.41) is 1.08. The van der Waals surface area contributed by atoms with Gasteiger partial charge < -0.3 is 10.7 Å². The highest BCUT2D eigenvalue weighted by Gasteiger charge is 2.07. The number of aromatic nitrogens is 1. The number of pyridine rings is 1. The second kappa shape index (κ2) is 4.34. The lowest BCUT2D eigenvalue weighted by atomic mass is 10.0. The van der Waals surface area contributed by atoms with E-state index in [1.807, 2.05) is 19.9 Å². The van der Waals surface area contributed by atoms with Crippen molar-refractivity contribution in [2.75, 3.05) is 0 Å². The third-order valence-electron chi connectivity index (χ3n) is 2.91. The van der Waals surface area contributed by atoms with Crippen molar-refractivity contribution in [1.29, 1.82) is 0 Å². The molecule has 1 heterocycles. The number of aryl methyl sites for hydroxylation is 2. The molecule has 0 radical (unpaired) electrons. The Kier molecular flexibility index (Phi) is 3.03. The summed E-state index contributed by atoms with van der Waals surface area (Å²) in [5.41, 5.74) is 9.71. The van der Waals surface area contributed by atoms with Gasteiger partial charge in [0.05, 0.1) is 5.52 Å². The van der Waals surface area contributed by atoms with Crippen LogP contribution in [0.25, 0.3) is 10.9 Å². The molecule has 0 amide bonds. The number of benzene rings is 1. The van der Waals surface area contributed by atoms with Crippen LogP contribution in [0.3, 0.4) is 0 Å². The minimum atomic E-state index is -0.0262. The van der Waals surface area contributed by atoms with E-state index in [-0.39, 0.29) is 11.6 Å². The first kappa shape index (κ1) is 11.9. The van der Waals surface area contributed by atoms with Crippen molar-refractivity contribution in [3.8, 4) is 0 Å². The van der Waals surface area contributed by atoms with Crippen LogP contribution in [0.5, 0.6) is 0 Å². The third kappa shape index (κ3) is 2.39. The van der Waals surface area contributed by atoms with Gasteiger partial charge in [0.1, 0.15) is 0 Å². The van der Waals surface area contributed by atoms with E-state index in [1.54, 1.807) is 0 Å². The maximum Gasteiger partial charge on any atom is 0.251 e. The normalized spacial score (nSPS) is 12.9. The first-order chi connectivity index (χ1) is 7.97. The van der Waals surface area contributed by atoms with E-state index in [2.05, 4.69) is 24.0 Å². The van der Waals surface area contributed by atoms with Gasteiger partial charge in [-0.2, -0.15) is 0 Å². The van der Waals surface area contributed by atoms with E-state index in [9.17, 15) is 4.79 Å². The minimum absolute atomic E-state index is 0.000504. The molecule has 0 saturated heterocycles. The number of nitrogens with one attached hydrogen (secondary N) is 1. The van der Waals surface area contributed by atoms with Crippen molar-refractivity contribution >= 4 is 10.9 Å². The average molecular weight is 230 g/mol. The maximum atomic E-state index is 11.9. The number of fused-ring (bicyclic) bond motifs is 1. The summed E-state index contributed by atoms with van der Waals surface area (Å²) in [7, 11) is 0. The number of hydrogen-bond donors (Lipinski definition) is 2. The topological polar surface area (TPSA) is 58.9 Å². The SMILES string of the molecule is Cc1cc(C)c2[nH]c(=O)c(CC(C)N)cc2c1. The van der Waals surface area contributed by atoms with Crippen molar-refractivity contribution in [2.24, 2.45) is 5.73 Å². The second-order valence-corrected chi connectivity index (χ2v) is 4.85. The molecule has 0 saturated carbocycles. The Morgan fingerprint density at radius 2 is 2.00 bits per heavy atom. The van der Waals surface area contributed by atoms with E-state index in [0.29, 0.717) is 6.42 Å². The van der Waals surface area contributed by atoms with E-state index >= 15 is 0 Å². The Bertz CT molecular complexity index is 611. The standard InChI is InChI=1S/C14H18N2O/c1-8-4-9(2)13-11(5-8)7-12(6-10(3)15)14(17)16-13/h4-5,7,10H,6,15H2,1-3H3,(H,16,17). The summed E-state index contributed by atoms with van der Waals surface area (Å²) in [6.45, 7) is 5.98. The number of nitrogens with two attached hydrogens (primary N) is 1. The largest absolute Gasteiger partial charge is 0.328 e. The van der Waals surface area contributed by atoms with Crippen molar-refractivity contribution in [3.63, 3.8) is 0 Å². The molecule has 90 valence electrons. The summed E-state index contributed by atoms with van der Waals surface area (Å²) in [4.78, 5) is 14.8. The predicted octanol–water partition coefficient (Wildman–Crippen LogP) is 2.03. The van der Waals surface area contributed by atoms with E-state index in [1.165, 1.54) is 5.56 Å². The van der Waals surface area contributed by atoms with Crippen LogP contribution in [-0.4, -0.2) is 11.0 Å². The first-order valence-electron chi connectivity index (χ1n) is 5.86. The van der Waals surface area contributed by atoms with Gasteiger partial charge in [0.2, 0.25) is 0 Å². The summed E-state index contributed by atoms with van der Waals surface area (Å²) in [6.07, 6.45) is 0.609. The number of hydrogen-bond acceptors (Lipinski definition) is 2. The Balaban J connectivity index is 2.67. The maximum absolute atomic E-state index is 11.9. The molecule has 1 unspecified atom stereocenters. The lowest BCUT2D eigenvalue weighted by Crippen LogP contribution is -2.23. The number of aromatic amines is 1. The summed E-state index contributed by atoms with van der Waals surface area (Å²) in [5.74, 6) is 0. The van der Waals surface area contributed by atoms with Gasteiger partial charge in [-0.3, -0.25) is 4.79 Å². The summed E-state index contributed by atoms with van der Waals surface area (Å²) >= 11 is 0. The van der Waals surface area contributed by atoms with Crippen LogP contribution in [0.1, 0.15) is 23.6 Å². The lowest BCUT2D eigenvalue weighted by molar-refractivity contribution is 0.732. The molecule has 3 nitrogen and oxygen atoms in total. The zero-order valence-corrected chi connectivity index (χ0v) is 10.5. The number of H-pyrrole nitrogens is 1. The van der Waals surface area contributed by atoms with Crippen LogP contribution in [0, 0.1) is 13.8 Å². The highest BCUT2D eigenvalue weighted by molar-refractivity contribution is 5.82. The quantitative estimate of drug-likeness (QED) is 0.829. The molecule has 2 rings (SSSR count). The average Bonchev–Trinajstić information content (AvgIpc) is 2.20. The molecule has 2 aromatic rings. The first-order valence-corrected chi connectivity index (χ1v) is 5.86. The zero-order chi connectivity index (χ0) is 12.6. The van der Waals surface area contributed by atoms with Crippen LogP contribution in [0.15, 0.2) is 23.0 Å². The van der Waals surface area contributed by atoms with Gasteiger partial charge >= 0.3 is 0 Å². The molecule has 1 aromatic heterocycles. The molecule has 0 aliphatic carbocycles. The molecule has 0 aliphatic heterocycles. The lowest BCUT2D eigenvalue weighted by Gasteiger charge is -2.08. The molecular weight excluding hydrogens is 212 g/mol. The minimum Gasteiger partial charge on any atom is -0.328 e. The molecule has 1 atom stereocenters. The summed E-state index contributed by atoms with van der Waals surface area (Å²) in [6, 6.07) is 6.11. The molecule has 1 aromatic carbocycles. The van der Waals surface area contributed by atoms with Gasteiger partial charge in [-0.1, -0.05) is 11.6 Å². The fourth-order valence-corrected chi connectivity index (χ4v) is 2.23. The van der Waals surface area contributed by atoms with Crippen molar-refractivity contribution in [1.82, 2.24) is 4.98 Å². The monoisotopic (exact) mass is 230 g/mol. The third-order valence-corrected chi connectivity index (χ3v) is 2.91. The van der Waals surface area contributed by atoms with Crippen LogP contribution in [-0.2, 0) is 6.42 Å². The van der Waals surface area contributed by atoms with Crippen LogP contribution < -0.4 is 11.3 Å². The van der Waals surface area contributed by atoms with Gasteiger partial charge in [0, 0.05) is 11.6 Å². The second-order valence-electron chi connectivity index (χ2n) is 4.85. The van der Waals surface area contributed by atoms with Crippen LogP contribution in [0.2, 0.25) is 0 Å². The molecule has 0 spiro atoms. The Hall–Kier alpha value is -1.61. The molecule has 0 bridgehead atoms. The van der Waals surface area contributed by atoms with Crippen LogP contribution in [0.4, 0.5) is 0 Å². The Morgan fingerprint density at radius 3 is 2.65 bits per heavy atom. The molecule has 3 N–H and O–H groups in total. The molecule has 17 heavy (non-hydrogen) atoms. The van der Waals surface area contributed by atoms with Gasteiger partial charge in [0.15, 0.2) is 0 Å². The molecule has 0 aliphatic rings. The zero-order valence-electron chi connectivity index (χ0n) is 10.5. The van der Waals surface area contributed by atoms with Gasteiger partial charge in [0.25, 0.3) is 5.56 Å². The fourth-order valence-electron chi connectivity index (χ4n) is 2.23. The van der Waals surface area contributed by atoms with Crippen molar-refractivity contribution in [2.45, 2.75) is 33.2 Å². The smallest absolute Gasteiger partial charge is 0.251 e. The fraction of sp³-hybridized carbons (Fsp3) is 0.357.